The molecule has 1 aromatic heterocycles. The van der Waals surface area contributed by atoms with Gasteiger partial charge in [0.1, 0.15) is 6.07 Å². The van der Waals surface area contributed by atoms with Gasteiger partial charge in [-0.15, -0.1) is 11.3 Å². The fourth-order valence-electron chi connectivity index (χ4n) is 1.96. The van der Waals surface area contributed by atoms with Crippen LogP contribution in [0.4, 0.5) is 0 Å². The van der Waals surface area contributed by atoms with E-state index in [0.717, 1.165) is 10.1 Å². The molecule has 0 amide bonds. The number of rotatable bonds is 7. The first kappa shape index (κ1) is 18.6. The van der Waals surface area contributed by atoms with E-state index in [2.05, 4.69) is 5.16 Å². The Morgan fingerprint density at radius 1 is 1.21 bits per heavy atom. The van der Waals surface area contributed by atoms with Crippen molar-refractivity contribution in [1.82, 2.24) is 0 Å². The van der Waals surface area contributed by atoms with E-state index in [0.29, 0.717) is 5.56 Å². The van der Waals surface area contributed by atoms with Crippen molar-refractivity contribution in [2.45, 2.75) is 39.9 Å². The van der Waals surface area contributed by atoms with Crippen LogP contribution in [-0.4, -0.2) is 17.9 Å². The van der Waals surface area contributed by atoms with Crippen LogP contribution < -0.4 is 0 Å². The lowest BCUT2D eigenvalue weighted by Crippen LogP contribution is -2.09. The first-order chi connectivity index (χ1) is 11.3. The summed E-state index contributed by atoms with van der Waals surface area (Å²) >= 11 is 1.49. The van der Waals surface area contributed by atoms with Crippen molar-refractivity contribution in [3.05, 3.63) is 35.2 Å². The molecular weight excluding hydrogens is 347 g/mol. The van der Waals surface area contributed by atoms with Crippen LogP contribution >= 0.6 is 19.2 Å². The molecule has 0 unspecified atom stereocenters. The molecule has 6 nitrogen and oxygen atoms in total. The summed E-state index contributed by atoms with van der Waals surface area (Å²) in [5.41, 5.74) is 0.645. The molecule has 0 aliphatic heterocycles. The number of benzene rings is 1. The maximum Gasteiger partial charge on any atom is 0.551 e. The van der Waals surface area contributed by atoms with Gasteiger partial charge in [0.15, 0.2) is 5.71 Å². The summed E-state index contributed by atoms with van der Waals surface area (Å²) in [6.45, 7) is 6.84. The van der Waals surface area contributed by atoms with Gasteiger partial charge in [0.25, 0.3) is 0 Å². The van der Waals surface area contributed by atoms with Gasteiger partial charge in [0.05, 0.1) is 12.2 Å². The van der Waals surface area contributed by atoms with Crippen molar-refractivity contribution < 1.29 is 18.2 Å². The molecule has 8 heteroatoms. The first-order valence-electron chi connectivity index (χ1n) is 7.45. The van der Waals surface area contributed by atoms with Crippen molar-refractivity contribution in [2.24, 2.45) is 5.16 Å². The van der Waals surface area contributed by atoms with Crippen LogP contribution in [0.2, 0.25) is 0 Å². The fraction of sp³-hybridized carbons (Fsp3) is 0.375. The molecule has 2 aromatic rings. The molecule has 128 valence electrons. The highest BCUT2D eigenvalue weighted by atomic mass is 32.1. The lowest BCUT2D eigenvalue weighted by atomic mass is 10.1. The van der Waals surface area contributed by atoms with Crippen LogP contribution in [0.15, 0.2) is 34.8 Å². The van der Waals surface area contributed by atoms with Gasteiger partial charge >= 0.3 is 7.82 Å². The second-order valence-corrected chi connectivity index (χ2v) is 7.93. The second-order valence-electron chi connectivity index (χ2n) is 5.53. The van der Waals surface area contributed by atoms with Crippen molar-refractivity contribution in [1.29, 1.82) is 5.26 Å². The Morgan fingerprint density at radius 2 is 1.83 bits per heavy atom. The highest BCUT2D eigenvalue weighted by Gasteiger charge is 2.32. The summed E-state index contributed by atoms with van der Waals surface area (Å²) in [6, 6.07) is 9.62. The third-order valence-electron chi connectivity index (χ3n) is 2.75. The topological polar surface area (TPSA) is 80.9 Å². The third kappa shape index (κ3) is 4.65. The molecule has 0 atom stereocenters. The largest absolute Gasteiger partial charge is 0.551 e. The number of phosphoric ester groups is 1. The van der Waals surface area contributed by atoms with Gasteiger partial charge in [-0.05, 0) is 33.8 Å². The van der Waals surface area contributed by atoms with Gasteiger partial charge in [0.2, 0.25) is 0 Å². The Balaban J connectivity index is 2.32. The Kier molecular flexibility index (Phi) is 6.14. The molecular formula is C16H19N2O4PS. The zero-order valence-electron chi connectivity index (χ0n) is 13.9. The second kappa shape index (κ2) is 7.91. The van der Waals surface area contributed by atoms with E-state index >= 15 is 0 Å². The number of phosphoric acid groups is 1. The maximum absolute atomic E-state index is 12.6. The molecule has 0 aliphatic rings. The van der Waals surface area contributed by atoms with Crippen molar-refractivity contribution in [3.8, 4) is 6.07 Å². The minimum absolute atomic E-state index is 0.0207. The predicted octanol–water partition coefficient (Wildman–Crippen LogP) is 5.10. The van der Waals surface area contributed by atoms with E-state index < -0.39 is 7.82 Å². The molecule has 2 rings (SSSR count). The molecule has 0 spiro atoms. The Hall–Kier alpha value is -1.71. The molecule has 1 heterocycles. The smallest absolute Gasteiger partial charge is 0.291 e. The molecule has 1 aromatic carbocycles. The van der Waals surface area contributed by atoms with Gasteiger partial charge in [-0.25, -0.2) is 4.57 Å². The van der Waals surface area contributed by atoms with Gasteiger partial charge < -0.3 is 0 Å². The Bertz CT molecular complexity index is 809. The normalized spacial score (nSPS) is 12.8. The number of nitrogens with zero attached hydrogens (tertiary/aromatic N) is 2. The summed E-state index contributed by atoms with van der Waals surface area (Å²) < 4.78 is 29.2. The standard InChI is InChI=1S/C16H19N2O4PS/c1-11(2)20-23(19,21-12(3)4)22-18-15(9-17)14-10-24-16-8-6-5-7-13(14)16/h5-8,10-12H,1-4H3/b18-15+. The van der Waals surface area contributed by atoms with Gasteiger partial charge in [-0.2, -0.15) is 5.26 Å². The van der Waals surface area contributed by atoms with E-state index in [1.807, 2.05) is 35.7 Å². The Morgan fingerprint density at radius 3 is 2.42 bits per heavy atom. The summed E-state index contributed by atoms with van der Waals surface area (Å²) in [5.74, 6) is 0. The molecule has 0 bridgehead atoms. The summed E-state index contributed by atoms with van der Waals surface area (Å²) in [5, 5.41) is 15.9. The van der Waals surface area contributed by atoms with E-state index in [4.69, 9.17) is 13.7 Å². The van der Waals surface area contributed by atoms with Crippen molar-refractivity contribution in [2.75, 3.05) is 0 Å². The Labute approximate surface area is 145 Å². The number of thiophene rings is 1. The number of hydrogen-bond donors (Lipinski definition) is 0. The molecule has 0 saturated carbocycles. The van der Waals surface area contributed by atoms with Gasteiger partial charge in [-0.3, -0.25) is 13.7 Å². The van der Waals surface area contributed by atoms with Crippen LogP contribution in [0.3, 0.4) is 0 Å². The SMILES string of the molecule is CC(C)OP(=O)(O/N=C(\C#N)c1csc2ccccc12)OC(C)C. The average Bonchev–Trinajstić information content (AvgIpc) is 2.90. The van der Waals surface area contributed by atoms with E-state index in [1.54, 1.807) is 27.7 Å². The quantitative estimate of drug-likeness (QED) is 0.387. The lowest BCUT2D eigenvalue weighted by molar-refractivity contribution is 0.0740. The van der Waals surface area contributed by atoms with Crippen molar-refractivity contribution >= 4 is 35.0 Å². The van der Waals surface area contributed by atoms with Crippen LogP contribution in [0.5, 0.6) is 0 Å². The molecule has 0 saturated heterocycles. The predicted molar refractivity (Wildman–Crippen MR) is 95.1 cm³/mol. The van der Waals surface area contributed by atoms with Gasteiger partial charge in [0, 0.05) is 21.0 Å². The lowest BCUT2D eigenvalue weighted by Gasteiger charge is -2.19. The van der Waals surface area contributed by atoms with Crippen LogP contribution in [-0.2, 0) is 18.2 Å². The minimum atomic E-state index is -3.90. The van der Waals surface area contributed by atoms with E-state index in [-0.39, 0.29) is 17.9 Å². The van der Waals surface area contributed by atoms with Crippen molar-refractivity contribution in [3.63, 3.8) is 0 Å². The van der Waals surface area contributed by atoms with E-state index in [9.17, 15) is 9.83 Å². The molecule has 0 aliphatic carbocycles. The number of oxime groups is 1. The number of fused-ring (bicyclic) bond motifs is 1. The summed E-state index contributed by atoms with van der Waals surface area (Å²) in [6.07, 6.45) is -0.755. The highest BCUT2D eigenvalue weighted by molar-refractivity contribution is 7.48. The van der Waals surface area contributed by atoms with Crippen LogP contribution in [0.1, 0.15) is 33.3 Å². The third-order valence-corrected chi connectivity index (χ3v) is 5.36. The monoisotopic (exact) mass is 366 g/mol. The molecule has 0 fully saturated rings. The van der Waals surface area contributed by atoms with Gasteiger partial charge in [-0.1, -0.05) is 23.4 Å². The zero-order chi connectivity index (χ0) is 17.7. The summed E-state index contributed by atoms with van der Waals surface area (Å²) in [4.78, 5) is 0. The maximum atomic E-state index is 12.6. The number of hydrogen-bond acceptors (Lipinski definition) is 7. The highest BCUT2D eigenvalue weighted by Crippen LogP contribution is 2.52. The molecule has 0 N–H and O–H groups in total. The summed E-state index contributed by atoms with van der Waals surface area (Å²) in [7, 11) is -3.90. The average molecular weight is 366 g/mol. The molecule has 24 heavy (non-hydrogen) atoms. The fourth-order valence-corrected chi connectivity index (χ4v) is 4.25. The zero-order valence-corrected chi connectivity index (χ0v) is 15.6. The first-order valence-corrected chi connectivity index (χ1v) is 9.79. The number of nitriles is 1. The van der Waals surface area contributed by atoms with Crippen LogP contribution in [0.25, 0.3) is 10.1 Å². The molecule has 0 radical (unpaired) electrons. The van der Waals surface area contributed by atoms with E-state index in [1.165, 1.54) is 11.3 Å². The minimum Gasteiger partial charge on any atom is -0.291 e. The van der Waals surface area contributed by atoms with Crippen LogP contribution in [0, 0.1) is 11.3 Å².